The highest BCUT2D eigenvalue weighted by Crippen LogP contribution is 2.34. The van der Waals surface area contributed by atoms with Crippen LogP contribution in [0.1, 0.15) is 11.9 Å². The first-order valence-corrected chi connectivity index (χ1v) is 5.46. The van der Waals surface area contributed by atoms with Gasteiger partial charge in [-0.15, -0.1) is 15.2 Å². The zero-order chi connectivity index (χ0) is 14.5. The highest BCUT2D eigenvalue weighted by Gasteiger charge is 2.24. The Labute approximate surface area is 112 Å². The summed E-state index contributed by atoms with van der Waals surface area (Å²) in [5, 5.41) is 20.1. The Bertz CT molecular complexity index is 597. The van der Waals surface area contributed by atoms with Crippen LogP contribution in [0, 0.1) is 10.1 Å². The van der Waals surface area contributed by atoms with E-state index in [9.17, 15) is 0 Å². The summed E-state index contributed by atoms with van der Waals surface area (Å²) in [5.74, 6) is 2.23. The van der Waals surface area contributed by atoms with E-state index in [4.69, 9.17) is 30.5 Å². The Morgan fingerprint density at radius 3 is 2.70 bits per heavy atom. The molecular weight excluding hydrogens is 270 g/mol. The molecule has 0 aliphatic carbocycles. The van der Waals surface area contributed by atoms with E-state index in [0.29, 0.717) is 18.2 Å². The topological polar surface area (TPSA) is 149 Å². The van der Waals surface area contributed by atoms with Crippen molar-refractivity contribution in [1.82, 2.24) is 15.2 Å². The van der Waals surface area contributed by atoms with Gasteiger partial charge in [0.2, 0.25) is 5.95 Å². The Balaban J connectivity index is 0.000000328. The Morgan fingerprint density at radius 1 is 1.45 bits per heavy atom. The smallest absolute Gasteiger partial charge is 0.291 e. The lowest BCUT2D eigenvalue weighted by Crippen LogP contribution is -2.22. The van der Waals surface area contributed by atoms with Crippen LogP contribution in [0.5, 0.6) is 11.5 Å². The fourth-order valence-corrected chi connectivity index (χ4v) is 1.59. The number of aromatic nitrogens is 3. The van der Waals surface area contributed by atoms with Gasteiger partial charge in [0.1, 0.15) is 6.61 Å². The van der Waals surface area contributed by atoms with Crippen LogP contribution in [0.3, 0.4) is 0 Å². The minimum Gasteiger partial charge on any atom is -0.485 e. The number of nitrogens with one attached hydrogen (secondary N) is 1. The van der Waals surface area contributed by atoms with E-state index in [1.54, 1.807) is 0 Å². The monoisotopic (exact) mass is 281 g/mol. The zero-order valence-corrected chi connectivity index (χ0v) is 10.1. The molecule has 1 aromatic carbocycles. The third-order valence-corrected chi connectivity index (χ3v) is 2.33. The van der Waals surface area contributed by atoms with Crippen molar-refractivity contribution in [3.63, 3.8) is 0 Å². The molecule has 2 aromatic rings. The second-order valence-corrected chi connectivity index (χ2v) is 3.68. The Morgan fingerprint density at radius 2 is 2.10 bits per heavy atom. The molecule has 1 unspecified atom stereocenters. The number of H-pyrrole nitrogens is 1. The molecule has 106 valence electrons. The molecule has 20 heavy (non-hydrogen) atoms. The molecular formula is C10H11N5O5. The van der Waals surface area contributed by atoms with E-state index in [1.807, 2.05) is 24.3 Å². The van der Waals surface area contributed by atoms with E-state index in [-0.39, 0.29) is 12.1 Å². The molecule has 1 aromatic heterocycles. The molecule has 4 N–H and O–H groups in total. The van der Waals surface area contributed by atoms with Gasteiger partial charge in [-0.05, 0) is 12.1 Å². The Kier molecular flexibility index (Phi) is 3.84. The van der Waals surface area contributed by atoms with Crippen molar-refractivity contribution in [2.45, 2.75) is 6.10 Å². The lowest BCUT2D eigenvalue weighted by atomic mass is 10.2. The second-order valence-electron chi connectivity index (χ2n) is 3.68. The van der Waals surface area contributed by atoms with Gasteiger partial charge in [-0.2, -0.15) is 4.98 Å². The summed E-state index contributed by atoms with van der Waals surface area (Å²) < 4.78 is 11.3. The first kappa shape index (κ1) is 13.4. The van der Waals surface area contributed by atoms with Crippen molar-refractivity contribution in [3.05, 3.63) is 40.2 Å². The molecule has 0 spiro atoms. The molecule has 1 atom stereocenters. The van der Waals surface area contributed by atoms with Crippen molar-refractivity contribution in [2.24, 2.45) is 0 Å². The van der Waals surface area contributed by atoms with E-state index >= 15 is 0 Å². The predicted octanol–water partition coefficient (Wildman–Crippen LogP) is 0.552. The van der Waals surface area contributed by atoms with Gasteiger partial charge < -0.3 is 20.4 Å². The maximum atomic E-state index is 8.36. The number of rotatable bonds is 1. The number of nitrogens with zero attached hydrogens (tertiary/aromatic N) is 3. The van der Waals surface area contributed by atoms with Crippen LogP contribution in [-0.4, -0.2) is 32.1 Å². The molecule has 0 bridgehead atoms. The first-order valence-electron chi connectivity index (χ1n) is 5.46. The van der Waals surface area contributed by atoms with Crippen LogP contribution in [0.25, 0.3) is 0 Å². The molecule has 3 rings (SSSR count). The van der Waals surface area contributed by atoms with Crippen molar-refractivity contribution in [1.29, 1.82) is 0 Å². The van der Waals surface area contributed by atoms with Gasteiger partial charge in [-0.1, -0.05) is 12.1 Å². The minimum atomic E-state index is -1.50. The van der Waals surface area contributed by atoms with Crippen molar-refractivity contribution in [3.8, 4) is 11.5 Å². The molecule has 0 saturated carbocycles. The summed E-state index contributed by atoms with van der Waals surface area (Å²) in [7, 11) is 0. The quantitative estimate of drug-likeness (QED) is 0.506. The maximum absolute atomic E-state index is 8.36. The maximum Gasteiger partial charge on any atom is 0.291 e. The van der Waals surface area contributed by atoms with Crippen LogP contribution < -0.4 is 15.2 Å². The molecule has 1 aliphatic heterocycles. The molecule has 1 aliphatic rings. The molecule has 2 heterocycles. The van der Waals surface area contributed by atoms with Crippen LogP contribution in [0.2, 0.25) is 0 Å². The lowest BCUT2D eigenvalue weighted by Gasteiger charge is -2.24. The average Bonchev–Trinajstić information content (AvgIpc) is 2.84. The van der Waals surface area contributed by atoms with Gasteiger partial charge in [-0.25, -0.2) is 0 Å². The molecule has 0 fully saturated rings. The van der Waals surface area contributed by atoms with Crippen LogP contribution in [-0.2, 0) is 0 Å². The molecule has 10 nitrogen and oxygen atoms in total. The zero-order valence-electron chi connectivity index (χ0n) is 10.1. The number of fused-ring (bicyclic) bond motifs is 1. The summed E-state index contributed by atoms with van der Waals surface area (Å²) >= 11 is 0. The number of nitrogens with two attached hydrogens (primary N) is 1. The molecule has 0 saturated heterocycles. The van der Waals surface area contributed by atoms with E-state index in [2.05, 4.69) is 15.2 Å². The minimum absolute atomic E-state index is 0.206. The standard InChI is InChI=1S/C10H10N4O2.HNO3/c11-10-12-9(13-14-10)8-5-15-6-3-1-2-4-7(6)16-8;2-1(3)4/h1-4,8H,5H2,(H3,11,12,13,14);(H,2,3,4). The summed E-state index contributed by atoms with van der Waals surface area (Å²) in [6.07, 6.45) is -0.292. The number of nitrogen functional groups attached to an aromatic ring is 1. The molecule has 10 heteroatoms. The van der Waals surface area contributed by atoms with E-state index in [1.165, 1.54) is 0 Å². The largest absolute Gasteiger partial charge is 0.485 e. The van der Waals surface area contributed by atoms with Gasteiger partial charge in [0.05, 0.1) is 0 Å². The summed E-state index contributed by atoms with van der Waals surface area (Å²) in [6, 6.07) is 7.50. The third kappa shape index (κ3) is 3.25. The molecule has 0 amide bonds. The number of hydrogen-bond acceptors (Lipinski definition) is 7. The lowest BCUT2D eigenvalue weighted by molar-refractivity contribution is -0.742. The normalized spacial score (nSPS) is 15.9. The van der Waals surface area contributed by atoms with E-state index < -0.39 is 5.09 Å². The Hall–Kier alpha value is -3.04. The number of ether oxygens (including phenoxy) is 2. The van der Waals surface area contributed by atoms with Crippen LogP contribution >= 0.6 is 0 Å². The van der Waals surface area contributed by atoms with Crippen molar-refractivity contribution in [2.75, 3.05) is 12.3 Å². The summed E-state index contributed by atoms with van der Waals surface area (Å²) in [4.78, 5) is 12.4. The SMILES string of the molecule is Nc1n[nH]c(C2COc3ccccc3O2)n1.O=[N+]([O-])O. The summed E-state index contributed by atoms with van der Waals surface area (Å²) in [5.41, 5.74) is 5.43. The number of para-hydroxylation sites is 2. The fraction of sp³-hybridized carbons (Fsp3) is 0.200. The highest BCUT2D eigenvalue weighted by atomic mass is 16.9. The van der Waals surface area contributed by atoms with Gasteiger partial charge in [0.15, 0.2) is 23.4 Å². The second kappa shape index (κ2) is 5.73. The molecule has 0 radical (unpaired) electrons. The number of hydrogen-bond donors (Lipinski definition) is 3. The van der Waals surface area contributed by atoms with E-state index in [0.717, 1.165) is 5.75 Å². The third-order valence-electron chi connectivity index (χ3n) is 2.33. The van der Waals surface area contributed by atoms with Gasteiger partial charge in [0.25, 0.3) is 5.09 Å². The van der Waals surface area contributed by atoms with Gasteiger partial charge in [0, 0.05) is 0 Å². The van der Waals surface area contributed by atoms with Crippen molar-refractivity contribution >= 4 is 5.95 Å². The fourth-order valence-electron chi connectivity index (χ4n) is 1.59. The van der Waals surface area contributed by atoms with Gasteiger partial charge in [-0.3, -0.25) is 5.10 Å². The van der Waals surface area contributed by atoms with Crippen LogP contribution in [0.15, 0.2) is 24.3 Å². The van der Waals surface area contributed by atoms with Crippen molar-refractivity contribution < 1.29 is 19.8 Å². The van der Waals surface area contributed by atoms with Gasteiger partial charge >= 0.3 is 0 Å². The first-order chi connectivity index (χ1) is 9.56. The number of aromatic amines is 1. The highest BCUT2D eigenvalue weighted by molar-refractivity contribution is 5.41. The van der Waals surface area contributed by atoms with Crippen LogP contribution in [0.4, 0.5) is 5.95 Å². The summed E-state index contributed by atoms with van der Waals surface area (Å²) in [6.45, 7) is 0.394. The average molecular weight is 281 g/mol. The number of anilines is 1. The predicted molar refractivity (Wildman–Crippen MR) is 64.9 cm³/mol. The number of benzene rings is 1.